The summed E-state index contributed by atoms with van der Waals surface area (Å²) in [6.07, 6.45) is 3.72. The first kappa shape index (κ1) is 13.9. The van der Waals surface area contributed by atoms with Crippen molar-refractivity contribution >= 4 is 0 Å². The monoisotopic (exact) mass is 227 g/mol. The third-order valence-electron chi connectivity index (χ3n) is 3.61. The molecule has 16 heavy (non-hydrogen) atoms. The molecule has 0 bridgehead atoms. The molecule has 3 heteroatoms. The maximum atomic E-state index is 6.16. The van der Waals surface area contributed by atoms with Crippen molar-refractivity contribution in [3.8, 4) is 0 Å². The second-order valence-corrected chi connectivity index (χ2v) is 5.86. The minimum atomic E-state index is 0.338. The lowest BCUT2D eigenvalue weighted by atomic mass is 10.0. The molecule has 1 unspecified atom stereocenters. The first-order valence-electron chi connectivity index (χ1n) is 6.63. The van der Waals surface area contributed by atoms with Crippen LogP contribution in [0.25, 0.3) is 0 Å². The highest BCUT2D eigenvalue weighted by Crippen LogP contribution is 2.15. The van der Waals surface area contributed by atoms with E-state index < -0.39 is 0 Å². The molecule has 1 fully saturated rings. The Morgan fingerprint density at radius 1 is 1.31 bits per heavy atom. The van der Waals surface area contributed by atoms with Gasteiger partial charge in [-0.15, -0.1) is 0 Å². The van der Waals surface area contributed by atoms with Gasteiger partial charge in [-0.25, -0.2) is 0 Å². The third-order valence-corrected chi connectivity index (χ3v) is 3.61. The molecule has 0 aliphatic carbocycles. The molecular formula is C13H29N3. The highest BCUT2D eigenvalue weighted by atomic mass is 15.2. The van der Waals surface area contributed by atoms with E-state index in [4.69, 9.17) is 5.73 Å². The molecule has 0 amide bonds. The predicted octanol–water partition coefficient (Wildman–Crippen LogP) is 1.39. The Morgan fingerprint density at radius 2 is 1.88 bits per heavy atom. The maximum absolute atomic E-state index is 6.16. The molecule has 1 aliphatic rings. The lowest BCUT2D eigenvalue weighted by Crippen LogP contribution is -2.46. The topological polar surface area (TPSA) is 32.5 Å². The Labute approximate surface area is 101 Å². The summed E-state index contributed by atoms with van der Waals surface area (Å²) in [5.41, 5.74) is 6.16. The van der Waals surface area contributed by atoms with Crippen molar-refractivity contribution in [3.05, 3.63) is 0 Å². The van der Waals surface area contributed by atoms with Crippen LogP contribution in [0.3, 0.4) is 0 Å². The van der Waals surface area contributed by atoms with E-state index in [1.165, 1.54) is 25.9 Å². The Bertz CT molecular complexity index is 186. The minimum Gasteiger partial charge on any atom is -0.327 e. The lowest BCUT2D eigenvalue weighted by molar-refractivity contribution is 0.136. The molecule has 1 rings (SSSR count). The van der Waals surface area contributed by atoms with E-state index >= 15 is 0 Å². The summed E-state index contributed by atoms with van der Waals surface area (Å²) in [5, 5.41) is 0. The number of nitrogens with two attached hydrogens (primary N) is 1. The zero-order valence-corrected chi connectivity index (χ0v) is 11.4. The number of hydrogen-bond donors (Lipinski definition) is 1. The molecule has 3 nitrogen and oxygen atoms in total. The average molecular weight is 227 g/mol. The van der Waals surface area contributed by atoms with E-state index in [1.54, 1.807) is 0 Å². The van der Waals surface area contributed by atoms with Crippen LogP contribution in [0.1, 0.15) is 33.1 Å². The van der Waals surface area contributed by atoms with Crippen LogP contribution in [0.4, 0.5) is 0 Å². The van der Waals surface area contributed by atoms with Crippen molar-refractivity contribution in [2.24, 2.45) is 11.7 Å². The molecule has 1 aliphatic heterocycles. The molecular weight excluding hydrogens is 198 g/mol. The van der Waals surface area contributed by atoms with E-state index in [0.717, 1.165) is 19.0 Å². The second kappa shape index (κ2) is 6.58. The molecule has 1 atom stereocenters. The van der Waals surface area contributed by atoms with E-state index in [-0.39, 0.29) is 0 Å². The van der Waals surface area contributed by atoms with Crippen LogP contribution in [0, 0.1) is 5.92 Å². The number of nitrogens with zero attached hydrogens (tertiary/aromatic N) is 2. The first-order valence-corrected chi connectivity index (χ1v) is 6.63. The van der Waals surface area contributed by atoms with E-state index in [0.29, 0.717) is 12.0 Å². The van der Waals surface area contributed by atoms with E-state index in [2.05, 4.69) is 37.7 Å². The summed E-state index contributed by atoms with van der Waals surface area (Å²) in [5.74, 6) is 0.709. The van der Waals surface area contributed by atoms with Gasteiger partial charge in [-0.3, -0.25) is 0 Å². The standard InChI is InChI=1S/C13H29N3/c1-11(2)9-12(14)10-16(4)13-5-7-15(3)8-6-13/h11-13H,5-10,14H2,1-4H3. The number of likely N-dealkylation sites (N-methyl/N-ethyl adjacent to an activating group) is 1. The average Bonchev–Trinajstić information content (AvgIpc) is 2.16. The second-order valence-electron chi connectivity index (χ2n) is 5.86. The zero-order chi connectivity index (χ0) is 12.1. The highest BCUT2D eigenvalue weighted by Gasteiger charge is 2.21. The molecule has 0 saturated carbocycles. The third kappa shape index (κ3) is 4.81. The Morgan fingerprint density at radius 3 is 2.38 bits per heavy atom. The van der Waals surface area contributed by atoms with Gasteiger partial charge in [0, 0.05) is 18.6 Å². The molecule has 0 radical (unpaired) electrons. The van der Waals surface area contributed by atoms with Crippen LogP contribution in [0.15, 0.2) is 0 Å². The summed E-state index contributed by atoms with van der Waals surface area (Å²) in [4.78, 5) is 4.89. The number of rotatable bonds is 5. The van der Waals surface area contributed by atoms with Crippen LogP contribution < -0.4 is 5.73 Å². The molecule has 96 valence electrons. The quantitative estimate of drug-likeness (QED) is 0.770. The van der Waals surface area contributed by atoms with Crippen molar-refractivity contribution in [1.29, 1.82) is 0 Å². The predicted molar refractivity (Wildman–Crippen MR) is 70.6 cm³/mol. The zero-order valence-electron chi connectivity index (χ0n) is 11.4. The fourth-order valence-corrected chi connectivity index (χ4v) is 2.63. The van der Waals surface area contributed by atoms with Crippen LogP contribution in [0.5, 0.6) is 0 Å². The Balaban J connectivity index is 2.26. The number of likely N-dealkylation sites (tertiary alicyclic amines) is 1. The van der Waals surface area contributed by atoms with Gasteiger partial charge in [-0.2, -0.15) is 0 Å². The van der Waals surface area contributed by atoms with Crippen molar-refractivity contribution < 1.29 is 0 Å². The van der Waals surface area contributed by atoms with Gasteiger partial charge in [0.05, 0.1) is 0 Å². The summed E-state index contributed by atoms with van der Waals surface area (Å²) in [6.45, 7) is 8.00. The molecule has 1 saturated heterocycles. The molecule has 1 heterocycles. The van der Waals surface area contributed by atoms with Gasteiger partial charge >= 0.3 is 0 Å². The Hall–Kier alpha value is -0.120. The summed E-state index contributed by atoms with van der Waals surface area (Å²) in [6, 6.07) is 1.08. The van der Waals surface area contributed by atoms with Gasteiger partial charge in [0.2, 0.25) is 0 Å². The first-order chi connectivity index (χ1) is 7.49. The summed E-state index contributed by atoms with van der Waals surface area (Å²) < 4.78 is 0. The number of hydrogen-bond acceptors (Lipinski definition) is 3. The SMILES string of the molecule is CC(C)CC(N)CN(C)C1CCN(C)CC1. The summed E-state index contributed by atoms with van der Waals surface area (Å²) in [7, 11) is 4.44. The molecule has 0 aromatic heterocycles. The van der Waals surface area contributed by atoms with Crippen LogP contribution in [-0.2, 0) is 0 Å². The van der Waals surface area contributed by atoms with E-state index in [9.17, 15) is 0 Å². The summed E-state index contributed by atoms with van der Waals surface area (Å²) >= 11 is 0. The fraction of sp³-hybridized carbons (Fsp3) is 1.00. The molecule has 2 N–H and O–H groups in total. The van der Waals surface area contributed by atoms with Gasteiger partial charge in [-0.05, 0) is 52.4 Å². The minimum absolute atomic E-state index is 0.338. The number of piperidine rings is 1. The molecule has 0 spiro atoms. The van der Waals surface area contributed by atoms with Crippen LogP contribution in [0.2, 0.25) is 0 Å². The molecule has 0 aromatic carbocycles. The lowest BCUT2D eigenvalue weighted by Gasteiger charge is -2.36. The van der Waals surface area contributed by atoms with Crippen molar-refractivity contribution in [3.63, 3.8) is 0 Å². The van der Waals surface area contributed by atoms with E-state index in [1.807, 2.05) is 0 Å². The van der Waals surface area contributed by atoms with Gasteiger partial charge in [0.1, 0.15) is 0 Å². The van der Waals surface area contributed by atoms with Gasteiger partial charge in [-0.1, -0.05) is 13.8 Å². The van der Waals surface area contributed by atoms with Crippen molar-refractivity contribution in [2.75, 3.05) is 33.7 Å². The van der Waals surface area contributed by atoms with Crippen molar-refractivity contribution in [1.82, 2.24) is 9.80 Å². The highest BCUT2D eigenvalue weighted by molar-refractivity contribution is 4.79. The fourth-order valence-electron chi connectivity index (χ4n) is 2.63. The Kier molecular flexibility index (Phi) is 5.73. The van der Waals surface area contributed by atoms with Crippen LogP contribution in [-0.4, -0.2) is 55.6 Å². The normalized spacial score (nSPS) is 21.9. The van der Waals surface area contributed by atoms with Gasteiger partial charge in [0.25, 0.3) is 0 Å². The van der Waals surface area contributed by atoms with Gasteiger partial charge in [0.15, 0.2) is 0 Å². The smallest absolute Gasteiger partial charge is 0.0170 e. The maximum Gasteiger partial charge on any atom is 0.0170 e. The van der Waals surface area contributed by atoms with Crippen LogP contribution >= 0.6 is 0 Å². The van der Waals surface area contributed by atoms with Gasteiger partial charge < -0.3 is 15.5 Å². The largest absolute Gasteiger partial charge is 0.327 e. The van der Waals surface area contributed by atoms with Crippen molar-refractivity contribution in [2.45, 2.75) is 45.2 Å². The molecule has 0 aromatic rings.